The zero-order valence-corrected chi connectivity index (χ0v) is 25.6. The van der Waals surface area contributed by atoms with Gasteiger partial charge in [0, 0.05) is 16.7 Å². The Kier molecular flexibility index (Phi) is 7.11. The van der Waals surface area contributed by atoms with Crippen molar-refractivity contribution in [2.45, 2.75) is 46.1 Å². The van der Waals surface area contributed by atoms with Crippen LogP contribution in [0.2, 0.25) is 0 Å². The van der Waals surface area contributed by atoms with Crippen LogP contribution in [-0.4, -0.2) is 40.8 Å². The van der Waals surface area contributed by atoms with E-state index in [9.17, 15) is 19.5 Å². The van der Waals surface area contributed by atoms with Crippen molar-refractivity contribution in [3.05, 3.63) is 118 Å². The maximum Gasteiger partial charge on any atom is 0.238 e. The number of Topliss-reactive ketones (excluding diaryl/α,β-unsaturated/α-hetero) is 2. The number of hydrogen-bond acceptors (Lipinski definition) is 6. The molecule has 3 aliphatic rings. The minimum Gasteiger partial charge on any atom is -0.507 e. The van der Waals surface area contributed by atoms with E-state index in [2.05, 4.69) is 6.92 Å². The van der Waals surface area contributed by atoms with Crippen LogP contribution in [0.1, 0.15) is 55.9 Å². The lowest BCUT2D eigenvalue weighted by Crippen LogP contribution is -2.43. The zero-order valence-electron chi connectivity index (χ0n) is 25.6. The largest absolute Gasteiger partial charge is 0.507 e. The molecule has 2 atom stereocenters. The Balaban J connectivity index is 1.59. The van der Waals surface area contributed by atoms with E-state index >= 15 is 0 Å². The van der Waals surface area contributed by atoms with Crippen LogP contribution in [-0.2, 0) is 14.4 Å². The maximum atomic E-state index is 14.5. The molecule has 44 heavy (non-hydrogen) atoms. The molecule has 6 heteroatoms. The van der Waals surface area contributed by atoms with Gasteiger partial charge in [-0.25, -0.2) is 0 Å². The molecule has 2 aliphatic carbocycles. The van der Waals surface area contributed by atoms with Crippen molar-refractivity contribution < 1.29 is 24.2 Å². The second-order valence-electron chi connectivity index (χ2n) is 12.7. The summed E-state index contributed by atoms with van der Waals surface area (Å²) < 4.78 is 5.65. The Labute approximate surface area is 257 Å². The summed E-state index contributed by atoms with van der Waals surface area (Å²) in [6.45, 7) is 7.97. The molecular formula is C38H35NO5. The number of ketones is 3. The topological polar surface area (TPSA) is 93.0 Å². The van der Waals surface area contributed by atoms with E-state index in [-0.39, 0.29) is 28.6 Å². The summed E-state index contributed by atoms with van der Waals surface area (Å²) in [4.78, 5) is 47.4. The predicted octanol–water partition coefficient (Wildman–Crippen LogP) is 7.18. The Bertz CT molecular complexity index is 1840. The molecule has 0 saturated carbocycles. The van der Waals surface area contributed by atoms with Crippen molar-refractivity contribution in [2.24, 2.45) is 16.3 Å². The Hall–Kier alpha value is -4.84. The fourth-order valence-corrected chi connectivity index (χ4v) is 7.15. The first-order valence-corrected chi connectivity index (χ1v) is 14.9. The highest BCUT2D eigenvalue weighted by Crippen LogP contribution is 2.54. The molecule has 1 N–H and O–H groups in total. The third-order valence-corrected chi connectivity index (χ3v) is 8.96. The van der Waals surface area contributed by atoms with Gasteiger partial charge in [-0.15, -0.1) is 0 Å². The first-order valence-electron chi connectivity index (χ1n) is 14.9. The second kappa shape index (κ2) is 10.7. The minimum absolute atomic E-state index is 0.0676. The quantitative estimate of drug-likeness (QED) is 0.195. The highest BCUT2D eigenvalue weighted by Gasteiger charge is 2.57. The molecule has 0 fully saturated rings. The van der Waals surface area contributed by atoms with E-state index in [4.69, 9.17) is 9.73 Å². The van der Waals surface area contributed by atoms with Crippen LogP contribution >= 0.6 is 0 Å². The lowest BCUT2D eigenvalue weighted by atomic mass is 9.62. The van der Waals surface area contributed by atoms with Crippen LogP contribution in [0.5, 0.6) is 5.75 Å². The SMILES string of the molecule is COc1ccc(C)cc1C1=CC(=O)C2(CC1C)CC(C)(C)N=C2C1=C(c2ccccc2)/C(=C(\O)c2ccccc2)C(=O)C1=O. The van der Waals surface area contributed by atoms with Gasteiger partial charge >= 0.3 is 0 Å². The van der Waals surface area contributed by atoms with Crippen molar-refractivity contribution in [2.75, 3.05) is 7.11 Å². The van der Waals surface area contributed by atoms with Crippen LogP contribution in [0, 0.1) is 18.3 Å². The first kappa shape index (κ1) is 29.2. The van der Waals surface area contributed by atoms with E-state index < -0.39 is 22.5 Å². The fraction of sp³-hybridized carbons (Fsp3) is 0.263. The van der Waals surface area contributed by atoms with Gasteiger partial charge in [0.2, 0.25) is 11.6 Å². The molecule has 3 aromatic rings. The second-order valence-corrected chi connectivity index (χ2v) is 12.7. The van der Waals surface area contributed by atoms with Gasteiger partial charge in [0.25, 0.3) is 0 Å². The average Bonchev–Trinajstić information content (AvgIpc) is 3.43. The van der Waals surface area contributed by atoms with Gasteiger partial charge < -0.3 is 9.84 Å². The zero-order chi connectivity index (χ0) is 31.4. The molecule has 1 spiro atoms. The molecule has 3 aromatic carbocycles. The number of methoxy groups -OCH3 is 1. The van der Waals surface area contributed by atoms with Crippen LogP contribution in [0.4, 0.5) is 0 Å². The number of aliphatic imine (C=N–C) groups is 1. The van der Waals surface area contributed by atoms with E-state index in [1.54, 1.807) is 49.6 Å². The minimum atomic E-state index is -1.12. The molecular weight excluding hydrogens is 550 g/mol. The van der Waals surface area contributed by atoms with Crippen molar-refractivity contribution in [3.63, 3.8) is 0 Å². The highest BCUT2D eigenvalue weighted by molar-refractivity contribution is 6.65. The molecule has 0 radical (unpaired) electrons. The van der Waals surface area contributed by atoms with Crippen molar-refractivity contribution in [1.82, 2.24) is 0 Å². The summed E-state index contributed by atoms with van der Waals surface area (Å²) in [5.41, 5.74) is 2.71. The van der Waals surface area contributed by atoms with Crippen LogP contribution in [0.3, 0.4) is 0 Å². The molecule has 0 bridgehead atoms. The lowest BCUT2D eigenvalue weighted by Gasteiger charge is -2.38. The number of carbonyl (C=O) groups is 3. The van der Waals surface area contributed by atoms with Gasteiger partial charge in [-0.1, -0.05) is 79.2 Å². The Morgan fingerprint density at radius 2 is 1.57 bits per heavy atom. The van der Waals surface area contributed by atoms with Crippen LogP contribution in [0.15, 0.2) is 101 Å². The normalized spacial score (nSPS) is 24.1. The monoisotopic (exact) mass is 585 g/mol. The van der Waals surface area contributed by atoms with E-state index in [0.717, 1.165) is 16.7 Å². The van der Waals surface area contributed by atoms with Gasteiger partial charge in [0.1, 0.15) is 11.5 Å². The highest BCUT2D eigenvalue weighted by atomic mass is 16.5. The predicted molar refractivity (Wildman–Crippen MR) is 172 cm³/mol. The number of ether oxygens (including phenoxy) is 1. The number of aryl methyl sites for hydroxylation is 1. The number of nitrogens with zero attached hydrogens (tertiary/aromatic N) is 1. The van der Waals surface area contributed by atoms with Crippen LogP contribution in [0.25, 0.3) is 16.9 Å². The maximum absolute atomic E-state index is 14.5. The van der Waals surface area contributed by atoms with E-state index in [1.807, 2.05) is 63.2 Å². The molecule has 0 saturated heterocycles. The van der Waals surface area contributed by atoms with Gasteiger partial charge in [0.05, 0.1) is 34.9 Å². The Morgan fingerprint density at radius 1 is 0.909 bits per heavy atom. The van der Waals surface area contributed by atoms with Crippen molar-refractivity contribution in [3.8, 4) is 5.75 Å². The third kappa shape index (κ3) is 4.66. The molecule has 1 heterocycles. The van der Waals surface area contributed by atoms with Gasteiger partial charge in [0.15, 0.2) is 5.78 Å². The number of aliphatic hydroxyl groups excluding tert-OH is 1. The number of carbonyl (C=O) groups excluding carboxylic acids is 3. The summed E-state index contributed by atoms with van der Waals surface area (Å²) >= 11 is 0. The number of allylic oxidation sites excluding steroid dienone is 5. The molecule has 0 amide bonds. The third-order valence-electron chi connectivity index (χ3n) is 8.96. The molecule has 2 unspecified atom stereocenters. The van der Waals surface area contributed by atoms with Crippen molar-refractivity contribution >= 4 is 40.0 Å². The molecule has 222 valence electrons. The van der Waals surface area contributed by atoms with Crippen molar-refractivity contribution in [1.29, 1.82) is 0 Å². The average molecular weight is 586 g/mol. The number of benzene rings is 3. The number of aliphatic hydroxyl groups is 1. The summed E-state index contributed by atoms with van der Waals surface area (Å²) in [5, 5.41) is 11.5. The van der Waals surface area contributed by atoms with Crippen LogP contribution < -0.4 is 4.74 Å². The summed E-state index contributed by atoms with van der Waals surface area (Å²) in [7, 11) is 1.62. The summed E-state index contributed by atoms with van der Waals surface area (Å²) in [6, 6.07) is 23.7. The van der Waals surface area contributed by atoms with Gasteiger partial charge in [-0.3, -0.25) is 19.4 Å². The summed E-state index contributed by atoms with van der Waals surface area (Å²) in [6.07, 6.45) is 2.49. The first-order chi connectivity index (χ1) is 21.0. The Morgan fingerprint density at radius 3 is 2.23 bits per heavy atom. The van der Waals surface area contributed by atoms with E-state index in [1.165, 1.54) is 0 Å². The lowest BCUT2D eigenvalue weighted by molar-refractivity contribution is -0.131. The standard InChI is InChI=1S/C38H35NO5/c1-22-16-17-28(44-5)27(18-22)26-19-29(40)38(20-23(26)2)21-37(3,4)39-36(38)32-30(24-12-8-6-9-13-24)31(34(42)35(32)43)33(41)25-14-10-7-11-15-25/h6-19,23,41H,20-21H2,1-5H3/b33-31+. The molecule has 1 aliphatic heterocycles. The molecule has 6 nitrogen and oxygen atoms in total. The summed E-state index contributed by atoms with van der Waals surface area (Å²) in [5.74, 6) is -1.38. The van der Waals surface area contributed by atoms with Gasteiger partial charge in [-0.05, 0) is 68.9 Å². The fourth-order valence-electron chi connectivity index (χ4n) is 7.15. The smallest absolute Gasteiger partial charge is 0.238 e. The van der Waals surface area contributed by atoms with E-state index in [0.29, 0.717) is 41.0 Å². The number of hydrogen-bond donors (Lipinski definition) is 1. The van der Waals surface area contributed by atoms with Gasteiger partial charge in [-0.2, -0.15) is 0 Å². The molecule has 0 aromatic heterocycles. The molecule has 6 rings (SSSR count). The number of rotatable bonds is 5.